The third kappa shape index (κ3) is 3.32. The standard InChI is InChI=1S/C29H40FN3O/c1-15-4-7-19-17(12-15)5-8-21-20(19)10-11-29(3)27(21)25-16(2)26(25)28(29)24(34)14-32-23-13-18(30)6-9-22(23)33-31/h6,9,13,15-17,19-21,25-28,31-32H,4-5,7-8,10-12,14H2,1-3H3/t15-,16-,17+,19?,20?,21+,25+,26-,27?,28-,29-/m0/s1. The molecule has 5 fully saturated rings. The van der Waals surface area contributed by atoms with Crippen LogP contribution in [0.15, 0.2) is 23.3 Å². The monoisotopic (exact) mass is 465 g/mol. The summed E-state index contributed by atoms with van der Waals surface area (Å²) in [5.74, 6) is 7.11. The predicted octanol–water partition coefficient (Wildman–Crippen LogP) is 7.48. The number of fused-ring (bicyclic) bond motifs is 7. The summed E-state index contributed by atoms with van der Waals surface area (Å²) in [5.41, 5.74) is 8.29. The second-order valence-corrected chi connectivity index (χ2v) is 12.9. The summed E-state index contributed by atoms with van der Waals surface area (Å²) >= 11 is 0. The van der Waals surface area contributed by atoms with Crippen molar-refractivity contribution >= 4 is 17.2 Å². The van der Waals surface area contributed by atoms with Crippen LogP contribution in [-0.4, -0.2) is 12.3 Å². The van der Waals surface area contributed by atoms with Gasteiger partial charge in [-0.25, -0.2) is 9.92 Å². The van der Waals surface area contributed by atoms with E-state index in [1.54, 1.807) is 0 Å². The maximum absolute atomic E-state index is 13.8. The number of anilines is 1. The van der Waals surface area contributed by atoms with Crippen LogP contribution in [0, 0.1) is 75.9 Å². The molecular weight excluding hydrogens is 425 g/mol. The van der Waals surface area contributed by atoms with Gasteiger partial charge in [0.1, 0.15) is 11.5 Å². The Bertz CT molecular complexity index is 996. The summed E-state index contributed by atoms with van der Waals surface area (Å²) in [6, 6.07) is 4.14. The summed E-state index contributed by atoms with van der Waals surface area (Å²) in [5, 5.41) is 6.64. The van der Waals surface area contributed by atoms with Crippen molar-refractivity contribution in [1.82, 2.24) is 0 Å². The molecule has 0 saturated heterocycles. The van der Waals surface area contributed by atoms with Crippen molar-refractivity contribution in [3.05, 3.63) is 24.0 Å². The lowest BCUT2D eigenvalue weighted by molar-refractivity contribution is -0.132. The summed E-state index contributed by atoms with van der Waals surface area (Å²) < 4.78 is 13.8. The topological polar surface area (TPSA) is 65.3 Å². The van der Waals surface area contributed by atoms with Crippen LogP contribution in [0.4, 0.5) is 15.8 Å². The maximum Gasteiger partial charge on any atom is 0.155 e. The Morgan fingerprint density at radius 2 is 1.91 bits per heavy atom. The molecule has 2 N–H and O–H groups in total. The molecule has 5 aliphatic carbocycles. The van der Waals surface area contributed by atoms with Gasteiger partial charge in [0.15, 0.2) is 5.78 Å². The number of ketones is 1. The Morgan fingerprint density at radius 3 is 2.71 bits per heavy atom. The highest BCUT2D eigenvalue weighted by atomic mass is 19.1. The van der Waals surface area contributed by atoms with Crippen molar-refractivity contribution in [3.8, 4) is 0 Å². The minimum Gasteiger partial charge on any atom is -0.376 e. The van der Waals surface area contributed by atoms with Crippen molar-refractivity contribution in [1.29, 1.82) is 5.53 Å². The van der Waals surface area contributed by atoms with Crippen molar-refractivity contribution in [2.75, 3.05) is 11.9 Å². The zero-order valence-corrected chi connectivity index (χ0v) is 20.9. The second-order valence-electron chi connectivity index (χ2n) is 12.9. The van der Waals surface area contributed by atoms with Crippen LogP contribution in [0.1, 0.15) is 65.7 Å². The first kappa shape index (κ1) is 22.7. The Hall–Kier alpha value is -1.78. The van der Waals surface area contributed by atoms with E-state index in [2.05, 4.69) is 31.2 Å². The lowest BCUT2D eigenvalue weighted by Crippen LogP contribution is -2.51. The number of benzene rings is 1. The smallest absolute Gasteiger partial charge is 0.155 e. The van der Waals surface area contributed by atoms with E-state index in [1.165, 1.54) is 63.1 Å². The fraction of sp³-hybridized carbons (Fsp3) is 0.759. The van der Waals surface area contributed by atoms with E-state index >= 15 is 0 Å². The summed E-state index contributed by atoms with van der Waals surface area (Å²) in [6.07, 6.45) is 9.58. The molecule has 0 radical (unpaired) electrons. The SMILES string of the molecule is C[C@H]1CCC2C3CC[C@@]4(C)C([C@@H]3CC[C@@H]2C1)[C@@H]1[C@H](C)[C@@H]1[C@@H]4C(=O)CNc1cc(F)ccc1N=N. The number of hydrogen-bond donors (Lipinski definition) is 2. The Morgan fingerprint density at radius 1 is 1.12 bits per heavy atom. The quantitative estimate of drug-likeness (QED) is 0.443. The number of carbonyl (C=O) groups excluding carboxylic acids is 1. The van der Waals surface area contributed by atoms with E-state index in [4.69, 9.17) is 5.53 Å². The minimum atomic E-state index is -0.378. The van der Waals surface area contributed by atoms with Crippen molar-refractivity contribution in [2.45, 2.75) is 65.7 Å². The first-order valence-electron chi connectivity index (χ1n) is 13.8. The summed E-state index contributed by atoms with van der Waals surface area (Å²) in [6.45, 7) is 7.47. The van der Waals surface area contributed by atoms with Gasteiger partial charge in [-0.2, -0.15) is 5.11 Å². The molecule has 0 heterocycles. The molecule has 0 aliphatic heterocycles. The molecular formula is C29H40FN3O. The van der Waals surface area contributed by atoms with Crippen LogP contribution < -0.4 is 5.32 Å². The second kappa shape index (κ2) is 8.13. The van der Waals surface area contributed by atoms with Gasteiger partial charge in [-0.15, -0.1) is 0 Å². The normalized spacial score (nSPS) is 46.5. The van der Waals surface area contributed by atoms with E-state index in [9.17, 15) is 9.18 Å². The Balaban J connectivity index is 1.21. The molecule has 0 bridgehead atoms. The molecule has 0 amide bonds. The van der Waals surface area contributed by atoms with Crippen LogP contribution in [0.5, 0.6) is 0 Å². The predicted molar refractivity (Wildman–Crippen MR) is 131 cm³/mol. The van der Waals surface area contributed by atoms with Crippen molar-refractivity contribution < 1.29 is 9.18 Å². The molecule has 4 nitrogen and oxygen atoms in total. The average Bonchev–Trinajstić information content (AvgIpc) is 3.34. The molecule has 184 valence electrons. The first-order chi connectivity index (χ1) is 16.3. The van der Waals surface area contributed by atoms with E-state index in [0.29, 0.717) is 29.1 Å². The number of nitrogens with one attached hydrogen (secondary N) is 2. The Kier molecular flexibility index (Phi) is 5.42. The largest absolute Gasteiger partial charge is 0.376 e. The van der Waals surface area contributed by atoms with Gasteiger partial charge in [0, 0.05) is 5.92 Å². The van der Waals surface area contributed by atoms with Crippen molar-refractivity contribution in [2.24, 2.45) is 69.7 Å². The first-order valence-corrected chi connectivity index (χ1v) is 13.8. The van der Waals surface area contributed by atoms with Gasteiger partial charge in [-0.3, -0.25) is 4.79 Å². The Labute approximate surface area is 203 Å². The molecule has 1 aromatic carbocycles. The van der Waals surface area contributed by atoms with Gasteiger partial charge in [-0.1, -0.05) is 27.2 Å². The average molecular weight is 466 g/mol. The number of rotatable bonds is 5. The van der Waals surface area contributed by atoms with Crippen LogP contribution in [0.25, 0.3) is 0 Å². The number of hydrogen-bond acceptors (Lipinski definition) is 4. The third-order valence-corrected chi connectivity index (χ3v) is 11.4. The highest BCUT2D eigenvalue weighted by Crippen LogP contribution is 2.76. The molecule has 11 atom stereocenters. The van der Waals surface area contributed by atoms with Crippen LogP contribution in [0.3, 0.4) is 0 Å². The van der Waals surface area contributed by atoms with Gasteiger partial charge in [-0.05, 0) is 115 Å². The molecule has 3 unspecified atom stereocenters. The number of Topliss-reactive ketones (excluding diaryl/α,β-unsaturated/α-hetero) is 1. The number of nitrogens with zero attached hydrogens (tertiary/aromatic N) is 1. The van der Waals surface area contributed by atoms with E-state index in [1.807, 2.05) is 0 Å². The molecule has 5 saturated carbocycles. The number of halogens is 1. The number of carbonyl (C=O) groups is 1. The summed E-state index contributed by atoms with van der Waals surface area (Å²) in [4.78, 5) is 13.7. The van der Waals surface area contributed by atoms with E-state index in [0.717, 1.165) is 35.5 Å². The zero-order valence-electron chi connectivity index (χ0n) is 20.9. The van der Waals surface area contributed by atoms with Crippen LogP contribution in [-0.2, 0) is 4.79 Å². The van der Waals surface area contributed by atoms with Crippen LogP contribution in [0.2, 0.25) is 0 Å². The van der Waals surface area contributed by atoms with E-state index < -0.39 is 0 Å². The molecule has 6 rings (SSSR count). The van der Waals surface area contributed by atoms with Gasteiger partial charge in [0.05, 0.1) is 12.2 Å². The molecule has 0 spiro atoms. The van der Waals surface area contributed by atoms with E-state index in [-0.39, 0.29) is 29.5 Å². The van der Waals surface area contributed by atoms with Gasteiger partial charge in [0.25, 0.3) is 0 Å². The molecule has 5 heteroatoms. The maximum atomic E-state index is 13.8. The third-order valence-electron chi connectivity index (χ3n) is 11.4. The van der Waals surface area contributed by atoms with Gasteiger partial charge in [0.2, 0.25) is 0 Å². The lowest BCUT2D eigenvalue weighted by atomic mass is 9.47. The highest BCUT2D eigenvalue weighted by molar-refractivity contribution is 5.88. The fourth-order valence-corrected chi connectivity index (χ4v) is 10.1. The van der Waals surface area contributed by atoms with Crippen molar-refractivity contribution in [3.63, 3.8) is 0 Å². The molecule has 1 aromatic rings. The lowest BCUT2D eigenvalue weighted by Gasteiger charge is -2.57. The summed E-state index contributed by atoms with van der Waals surface area (Å²) in [7, 11) is 0. The zero-order chi connectivity index (χ0) is 23.8. The van der Waals surface area contributed by atoms with Crippen LogP contribution >= 0.6 is 0 Å². The molecule has 34 heavy (non-hydrogen) atoms. The fourth-order valence-electron chi connectivity index (χ4n) is 10.1. The van der Waals surface area contributed by atoms with Gasteiger partial charge >= 0.3 is 0 Å². The van der Waals surface area contributed by atoms with Gasteiger partial charge < -0.3 is 5.32 Å². The minimum absolute atomic E-state index is 0.111. The molecule has 5 aliphatic rings. The highest BCUT2D eigenvalue weighted by Gasteiger charge is 2.73. The molecule has 0 aromatic heterocycles.